The molecule has 1 aromatic carbocycles. The molecule has 0 bridgehead atoms. The topological polar surface area (TPSA) is 83.1 Å². The number of fused-ring (bicyclic) bond motifs is 1. The number of thiazole rings is 1. The lowest BCUT2D eigenvalue weighted by molar-refractivity contribution is -0.121. The van der Waals surface area contributed by atoms with Gasteiger partial charge in [-0.05, 0) is 37.5 Å². The monoisotopic (exact) mass is 590 g/mol. The number of hydrogen-bond donors (Lipinski definition) is 0. The summed E-state index contributed by atoms with van der Waals surface area (Å²) in [5.41, 5.74) is -0.0171. The number of morpholine rings is 1. The quantitative estimate of drug-likeness (QED) is 0.391. The van der Waals surface area contributed by atoms with Crippen molar-refractivity contribution in [3.05, 3.63) is 40.2 Å². The lowest BCUT2D eigenvalue weighted by Crippen LogP contribution is -2.48. The Morgan fingerprint density at radius 1 is 1.19 bits per heavy atom. The molecule has 8 nitrogen and oxygen atoms in total. The van der Waals surface area contributed by atoms with Gasteiger partial charge >= 0.3 is 0 Å². The summed E-state index contributed by atoms with van der Waals surface area (Å²) in [7, 11) is -3.93. The first-order chi connectivity index (χ1) is 17.7. The third-order valence-corrected chi connectivity index (χ3v) is 11.1. The normalized spacial score (nSPS) is 19.6. The molecule has 37 heavy (non-hydrogen) atoms. The van der Waals surface area contributed by atoms with Crippen molar-refractivity contribution in [3.63, 3.8) is 0 Å². The second kappa shape index (κ2) is 11.2. The number of hydrogen-bond acceptors (Lipinski definition) is 8. The standard InChI is InChI=1S/C23H25ClF2N4O4S3/c24-19-4-5-20(36-19)37(32,33)30-8-1-3-17(30)22(31)29(7-2-6-28-9-11-34-12-10-28)23-27-21-16(26)13-15(25)14-18(21)35-23/h4-5,13-14,17H,1-3,6-12H2. The highest BCUT2D eigenvalue weighted by atomic mass is 35.5. The molecule has 5 rings (SSSR count). The highest BCUT2D eigenvalue weighted by Crippen LogP contribution is 2.35. The molecule has 1 amide bonds. The fourth-order valence-corrected chi connectivity index (χ4v) is 8.94. The van der Waals surface area contributed by atoms with E-state index in [1.165, 1.54) is 27.4 Å². The van der Waals surface area contributed by atoms with Crippen LogP contribution in [0.15, 0.2) is 28.5 Å². The van der Waals surface area contributed by atoms with Gasteiger partial charge in [0.1, 0.15) is 21.6 Å². The van der Waals surface area contributed by atoms with Gasteiger partial charge in [0.25, 0.3) is 10.0 Å². The molecule has 2 aliphatic heterocycles. The molecule has 3 aromatic rings. The molecular formula is C23H25ClF2N4O4S3. The average Bonchev–Trinajstić information content (AvgIpc) is 3.62. The molecule has 0 aliphatic carbocycles. The summed E-state index contributed by atoms with van der Waals surface area (Å²) < 4.78 is 62.2. The van der Waals surface area contributed by atoms with Gasteiger partial charge in [-0.15, -0.1) is 11.3 Å². The Morgan fingerprint density at radius 2 is 1.97 bits per heavy atom. The first-order valence-corrected chi connectivity index (χ1v) is 15.3. The number of rotatable bonds is 8. The Labute approximate surface area is 226 Å². The largest absolute Gasteiger partial charge is 0.379 e. The van der Waals surface area contributed by atoms with Gasteiger partial charge < -0.3 is 4.74 Å². The third-order valence-electron chi connectivity index (χ3n) is 6.46. The molecule has 2 aromatic heterocycles. The van der Waals surface area contributed by atoms with Crippen LogP contribution >= 0.6 is 34.3 Å². The predicted molar refractivity (Wildman–Crippen MR) is 140 cm³/mol. The van der Waals surface area contributed by atoms with Crippen molar-refractivity contribution in [2.24, 2.45) is 0 Å². The predicted octanol–water partition coefficient (Wildman–Crippen LogP) is 4.20. The molecule has 0 saturated carbocycles. The molecule has 0 N–H and O–H groups in total. The van der Waals surface area contributed by atoms with Crippen molar-refractivity contribution in [2.75, 3.05) is 50.8 Å². The maximum atomic E-state index is 14.4. The molecule has 2 saturated heterocycles. The second-order valence-electron chi connectivity index (χ2n) is 8.86. The zero-order valence-electron chi connectivity index (χ0n) is 19.7. The van der Waals surface area contributed by atoms with Gasteiger partial charge in [0.15, 0.2) is 10.9 Å². The van der Waals surface area contributed by atoms with E-state index in [4.69, 9.17) is 16.3 Å². The molecule has 14 heteroatoms. The zero-order chi connectivity index (χ0) is 26.2. The Bertz CT molecular complexity index is 1390. The minimum absolute atomic E-state index is 0.0171. The van der Waals surface area contributed by atoms with Crippen molar-refractivity contribution in [2.45, 2.75) is 29.5 Å². The van der Waals surface area contributed by atoms with Crippen LogP contribution in [0, 0.1) is 11.6 Å². The minimum Gasteiger partial charge on any atom is -0.379 e. The van der Waals surface area contributed by atoms with Crippen LogP contribution in [0.25, 0.3) is 10.2 Å². The number of aromatic nitrogens is 1. The molecule has 0 radical (unpaired) electrons. The van der Waals surface area contributed by atoms with Crippen LogP contribution in [-0.2, 0) is 19.6 Å². The number of benzene rings is 1. The Kier molecular flexibility index (Phi) is 8.10. The van der Waals surface area contributed by atoms with E-state index in [1.807, 2.05) is 0 Å². The van der Waals surface area contributed by atoms with E-state index in [0.29, 0.717) is 43.4 Å². The molecule has 2 aliphatic rings. The van der Waals surface area contributed by atoms with E-state index in [2.05, 4.69) is 9.88 Å². The number of nitrogens with zero attached hydrogens (tertiary/aromatic N) is 4. The number of ether oxygens (including phenoxy) is 1. The third kappa shape index (κ3) is 5.68. The fraction of sp³-hybridized carbons (Fsp3) is 0.478. The molecule has 2 fully saturated rings. The summed E-state index contributed by atoms with van der Waals surface area (Å²) in [6.45, 7) is 4.04. The fourth-order valence-electron chi connectivity index (χ4n) is 4.64. The molecule has 0 spiro atoms. The van der Waals surface area contributed by atoms with Crippen molar-refractivity contribution in [1.82, 2.24) is 14.2 Å². The van der Waals surface area contributed by atoms with Crippen LogP contribution in [-0.4, -0.2) is 80.5 Å². The van der Waals surface area contributed by atoms with Gasteiger partial charge in [-0.1, -0.05) is 22.9 Å². The SMILES string of the molecule is O=C(C1CCCN1S(=O)(=O)c1ccc(Cl)s1)N(CCCN1CCOCC1)c1nc2c(F)cc(F)cc2s1. The Hall–Kier alpha value is -1.74. The van der Waals surface area contributed by atoms with E-state index in [1.54, 1.807) is 0 Å². The summed E-state index contributed by atoms with van der Waals surface area (Å²) >= 11 is 7.93. The number of anilines is 1. The Morgan fingerprint density at radius 3 is 2.70 bits per heavy atom. The summed E-state index contributed by atoms with van der Waals surface area (Å²) in [6, 6.07) is 3.96. The van der Waals surface area contributed by atoms with Gasteiger partial charge in [0.05, 0.1) is 22.3 Å². The molecule has 200 valence electrons. The number of carbonyl (C=O) groups is 1. The first-order valence-electron chi connectivity index (χ1n) is 11.9. The number of halogens is 3. The number of sulfonamides is 1. The smallest absolute Gasteiger partial charge is 0.253 e. The lowest BCUT2D eigenvalue weighted by atomic mass is 10.2. The van der Waals surface area contributed by atoms with E-state index in [0.717, 1.165) is 41.8 Å². The van der Waals surface area contributed by atoms with E-state index in [-0.39, 0.29) is 32.6 Å². The highest BCUT2D eigenvalue weighted by Gasteiger charge is 2.42. The zero-order valence-corrected chi connectivity index (χ0v) is 22.9. The van der Waals surface area contributed by atoms with Gasteiger partial charge in [-0.25, -0.2) is 22.2 Å². The van der Waals surface area contributed by atoms with Crippen molar-refractivity contribution in [1.29, 1.82) is 0 Å². The Balaban J connectivity index is 1.43. The van der Waals surface area contributed by atoms with E-state index < -0.39 is 33.6 Å². The number of carbonyl (C=O) groups excluding carboxylic acids is 1. The summed E-state index contributed by atoms with van der Waals surface area (Å²) in [4.78, 5) is 21.9. The first kappa shape index (κ1) is 26.9. The van der Waals surface area contributed by atoms with Gasteiger partial charge in [-0.3, -0.25) is 14.6 Å². The molecule has 1 atom stereocenters. The van der Waals surface area contributed by atoms with Crippen LogP contribution < -0.4 is 4.90 Å². The maximum Gasteiger partial charge on any atom is 0.253 e. The van der Waals surface area contributed by atoms with Crippen LogP contribution in [0.3, 0.4) is 0 Å². The van der Waals surface area contributed by atoms with Crippen LogP contribution in [0.1, 0.15) is 19.3 Å². The van der Waals surface area contributed by atoms with Crippen LogP contribution in [0.5, 0.6) is 0 Å². The van der Waals surface area contributed by atoms with Crippen molar-refractivity contribution in [3.8, 4) is 0 Å². The van der Waals surface area contributed by atoms with Crippen LogP contribution in [0.2, 0.25) is 4.34 Å². The minimum atomic E-state index is -3.93. The van der Waals surface area contributed by atoms with Gasteiger partial charge in [0.2, 0.25) is 5.91 Å². The highest BCUT2D eigenvalue weighted by molar-refractivity contribution is 7.91. The van der Waals surface area contributed by atoms with Crippen molar-refractivity contribution < 1.29 is 26.7 Å². The summed E-state index contributed by atoms with van der Waals surface area (Å²) in [5, 5.41) is 0.217. The van der Waals surface area contributed by atoms with E-state index >= 15 is 0 Å². The van der Waals surface area contributed by atoms with Gasteiger partial charge in [0, 0.05) is 38.8 Å². The molecule has 4 heterocycles. The summed E-state index contributed by atoms with van der Waals surface area (Å²) in [5.74, 6) is -1.96. The number of thiophene rings is 1. The van der Waals surface area contributed by atoms with E-state index in [9.17, 15) is 22.0 Å². The lowest BCUT2D eigenvalue weighted by Gasteiger charge is -2.30. The van der Waals surface area contributed by atoms with Crippen molar-refractivity contribution >= 4 is 65.6 Å². The maximum absolute atomic E-state index is 14.4. The molecule has 1 unspecified atom stereocenters. The number of amides is 1. The molecular weight excluding hydrogens is 566 g/mol. The average molecular weight is 591 g/mol. The van der Waals surface area contributed by atoms with Crippen LogP contribution in [0.4, 0.5) is 13.9 Å². The second-order valence-corrected chi connectivity index (χ2v) is 13.7. The van der Waals surface area contributed by atoms with Gasteiger partial charge in [-0.2, -0.15) is 4.31 Å². The summed E-state index contributed by atoms with van der Waals surface area (Å²) in [6.07, 6.45) is 1.47.